The van der Waals surface area contributed by atoms with Crippen LogP contribution in [-0.2, 0) is 28.6 Å². The van der Waals surface area contributed by atoms with Crippen LogP contribution in [0.25, 0.3) is 0 Å². The van der Waals surface area contributed by atoms with Gasteiger partial charge in [-0.15, -0.1) is 0 Å². The van der Waals surface area contributed by atoms with E-state index in [0.29, 0.717) is 19.3 Å². The molecular formula is C71H136O6. The van der Waals surface area contributed by atoms with Crippen molar-refractivity contribution >= 4 is 17.9 Å². The van der Waals surface area contributed by atoms with Gasteiger partial charge in [-0.05, 0) is 38.5 Å². The molecule has 0 aromatic rings. The highest BCUT2D eigenvalue weighted by molar-refractivity contribution is 5.71. The molecule has 0 N–H and O–H groups in total. The SMILES string of the molecule is CCCC/C=C\CCCCCCCC(=O)OCC(COC(=O)CCCCCCCCCCCCCCCCCCCCCCCCCCCCCCCCC)OC(=O)CCCCCCCCCCCCCCCCCCC. The van der Waals surface area contributed by atoms with Crippen LogP contribution in [-0.4, -0.2) is 37.2 Å². The Morgan fingerprint density at radius 3 is 0.688 bits per heavy atom. The Morgan fingerprint density at radius 2 is 0.442 bits per heavy atom. The van der Waals surface area contributed by atoms with Gasteiger partial charge in [0.2, 0.25) is 0 Å². The van der Waals surface area contributed by atoms with Gasteiger partial charge < -0.3 is 14.2 Å². The van der Waals surface area contributed by atoms with Crippen LogP contribution in [0.2, 0.25) is 0 Å². The molecule has 0 aliphatic carbocycles. The van der Waals surface area contributed by atoms with Crippen molar-refractivity contribution in [3.63, 3.8) is 0 Å². The molecule has 6 heteroatoms. The van der Waals surface area contributed by atoms with E-state index < -0.39 is 6.10 Å². The lowest BCUT2D eigenvalue weighted by molar-refractivity contribution is -0.167. The molecule has 0 amide bonds. The number of carbonyl (C=O) groups excluding carboxylic acids is 3. The maximum absolute atomic E-state index is 12.9. The molecule has 0 rings (SSSR count). The molecule has 0 bridgehead atoms. The summed E-state index contributed by atoms with van der Waals surface area (Å²) in [5, 5.41) is 0. The first kappa shape index (κ1) is 75.2. The highest BCUT2D eigenvalue weighted by Gasteiger charge is 2.19. The number of hydrogen-bond acceptors (Lipinski definition) is 6. The number of allylic oxidation sites excluding steroid dienone is 2. The average molecular weight is 1090 g/mol. The molecule has 0 radical (unpaired) electrons. The zero-order valence-electron chi connectivity index (χ0n) is 52.5. The van der Waals surface area contributed by atoms with Gasteiger partial charge in [0, 0.05) is 19.3 Å². The Balaban J connectivity index is 4.06. The summed E-state index contributed by atoms with van der Waals surface area (Å²) in [5.41, 5.74) is 0. The number of esters is 3. The highest BCUT2D eigenvalue weighted by Crippen LogP contribution is 2.19. The molecule has 0 aromatic heterocycles. The van der Waals surface area contributed by atoms with Gasteiger partial charge in [0.25, 0.3) is 0 Å². The summed E-state index contributed by atoms with van der Waals surface area (Å²) in [7, 11) is 0. The van der Waals surface area contributed by atoms with E-state index in [1.807, 2.05) is 0 Å². The predicted octanol–water partition coefficient (Wildman–Crippen LogP) is 24.0. The molecular weight excluding hydrogens is 949 g/mol. The molecule has 0 aromatic carbocycles. The van der Waals surface area contributed by atoms with Crippen molar-refractivity contribution in [3.8, 4) is 0 Å². The molecule has 77 heavy (non-hydrogen) atoms. The molecule has 1 unspecified atom stereocenters. The van der Waals surface area contributed by atoms with Crippen LogP contribution in [0.4, 0.5) is 0 Å². The molecule has 0 spiro atoms. The highest BCUT2D eigenvalue weighted by atomic mass is 16.6. The summed E-state index contributed by atoms with van der Waals surface area (Å²) in [6.45, 7) is 6.68. The molecule has 456 valence electrons. The topological polar surface area (TPSA) is 78.9 Å². The zero-order chi connectivity index (χ0) is 55.7. The van der Waals surface area contributed by atoms with Crippen LogP contribution in [0.15, 0.2) is 12.2 Å². The van der Waals surface area contributed by atoms with E-state index in [4.69, 9.17) is 14.2 Å². The first-order valence-electron chi connectivity index (χ1n) is 35.2. The predicted molar refractivity (Wildman–Crippen MR) is 335 cm³/mol. The minimum atomic E-state index is -0.769. The number of rotatable bonds is 66. The zero-order valence-corrected chi connectivity index (χ0v) is 52.5. The summed E-state index contributed by atoms with van der Waals surface area (Å²) in [5.74, 6) is -0.845. The fraction of sp³-hybridized carbons (Fsp3) is 0.930. The first-order chi connectivity index (χ1) is 38.0. The summed E-state index contributed by atoms with van der Waals surface area (Å²) < 4.78 is 16.9. The Hall–Kier alpha value is -1.85. The van der Waals surface area contributed by atoms with Crippen molar-refractivity contribution in [2.75, 3.05) is 13.2 Å². The van der Waals surface area contributed by atoms with E-state index in [-0.39, 0.29) is 31.1 Å². The second-order valence-electron chi connectivity index (χ2n) is 24.2. The molecule has 1 atom stereocenters. The number of carbonyl (C=O) groups is 3. The third kappa shape index (κ3) is 64.9. The van der Waals surface area contributed by atoms with Gasteiger partial charge in [-0.3, -0.25) is 14.4 Å². The van der Waals surface area contributed by atoms with Crippen LogP contribution in [0, 0.1) is 0 Å². The lowest BCUT2D eigenvalue weighted by atomic mass is 10.0. The number of ether oxygens (including phenoxy) is 3. The van der Waals surface area contributed by atoms with Gasteiger partial charge in [0.15, 0.2) is 6.10 Å². The summed E-state index contributed by atoms with van der Waals surface area (Å²) in [6.07, 6.45) is 79.8. The van der Waals surface area contributed by atoms with Crippen LogP contribution in [0.3, 0.4) is 0 Å². The van der Waals surface area contributed by atoms with Crippen LogP contribution < -0.4 is 0 Å². The molecule has 6 nitrogen and oxygen atoms in total. The maximum Gasteiger partial charge on any atom is 0.306 e. The van der Waals surface area contributed by atoms with Gasteiger partial charge in [0.05, 0.1) is 0 Å². The van der Waals surface area contributed by atoms with E-state index >= 15 is 0 Å². The standard InChI is InChI=1S/C71H136O6/c1-4-7-10-13-16-19-22-24-26-28-29-30-31-32-33-34-35-36-37-38-39-40-41-43-44-46-49-52-55-58-61-64-70(73)76-67-68(66-75-69(72)63-60-57-54-51-48-21-18-15-12-9-6-3)77-71(74)65-62-59-56-53-50-47-45-42-27-25-23-20-17-14-11-8-5-2/h15,18,68H,4-14,16-17,19-67H2,1-3H3/b18-15-. The summed E-state index contributed by atoms with van der Waals surface area (Å²) >= 11 is 0. The largest absolute Gasteiger partial charge is 0.462 e. The van der Waals surface area contributed by atoms with E-state index in [2.05, 4.69) is 32.9 Å². The second-order valence-corrected chi connectivity index (χ2v) is 24.2. The maximum atomic E-state index is 12.9. The Bertz CT molecular complexity index is 1200. The second kappa shape index (κ2) is 66.7. The quantitative estimate of drug-likeness (QED) is 0.0261. The van der Waals surface area contributed by atoms with Crippen molar-refractivity contribution in [1.29, 1.82) is 0 Å². The monoisotopic (exact) mass is 1090 g/mol. The van der Waals surface area contributed by atoms with Gasteiger partial charge in [0.1, 0.15) is 13.2 Å². The van der Waals surface area contributed by atoms with E-state index in [0.717, 1.165) is 64.2 Å². The van der Waals surface area contributed by atoms with Crippen molar-refractivity contribution in [3.05, 3.63) is 12.2 Å². The fourth-order valence-electron chi connectivity index (χ4n) is 11.0. The van der Waals surface area contributed by atoms with E-state index in [1.54, 1.807) is 0 Å². The minimum Gasteiger partial charge on any atom is -0.462 e. The van der Waals surface area contributed by atoms with E-state index in [9.17, 15) is 14.4 Å². The average Bonchev–Trinajstić information content (AvgIpc) is 3.43. The van der Waals surface area contributed by atoms with Gasteiger partial charge in [-0.25, -0.2) is 0 Å². The molecule has 0 heterocycles. The fourth-order valence-corrected chi connectivity index (χ4v) is 11.0. The minimum absolute atomic E-state index is 0.0661. The Kier molecular flexibility index (Phi) is 65.1. The summed E-state index contributed by atoms with van der Waals surface area (Å²) in [4.78, 5) is 38.3. The Morgan fingerprint density at radius 1 is 0.247 bits per heavy atom. The third-order valence-electron chi connectivity index (χ3n) is 16.3. The molecule has 0 aliphatic heterocycles. The van der Waals surface area contributed by atoms with Crippen LogP contribution in [0.5, 0.6) is 0 Å². The van der Waals surface area contributed by atoms with Crippen molar-refractivity contribution in [2.24, 2.45) is 0 Å². The van der Waals surface area contributed by atoms with Gasteiger partial charge in [-0.1, -0.05) is 360 Å². The van der Waals surface area contributed by atoms with Gasteiger partial charge in [-0.2, -0.15) is 0 Å². The number of unbranched alkanes of at least 4 members (excludes halogenated alkanes) is 53. The van der Waals surface area contributed by atoms with Crippen LogP contribution >= 0.6 is 0 Å². The Labute approximate surface area is 481 Å². The third-order valence-corrected chi connectivity index (χ3v) is 16.3. The van der Waals surface area contributed by atoms with Gasteiger partial charge >= 0.3 is 17.9 Å². The smallest absolute Gasteiger partial charge is 0.306 e. The van der Waals surface area contributed by atoms with Crippen molar-refractivity contribution in [1.82, 2.24) is 0 Å². The molecule has 0 saturated heterocycles. The van der Waals surface area contributed by atoms with Crippen molar-refractivity contribution < 1.29 is 28.6 Å². The molecule has 0 fully saturated rings. The van der Waals surface area contributed by atoms with E-state index in [1.165, 1.54) is 302 Å². The van der Waals surface area contributed by atoms with Crippen molar-refractivity contribution in [2.45, 2.75) is 412 Å². The lowest BCUT2D eigenvalue weighted by Gasteiger charge is -2.18. The lowest BCUT2D eigenvalue weighted by Crippen LogP contribution is -2.30. The first-order valence-corrected chi connectivity index (χ1v) is 35.2. The van der Waals surface area contributed by atoms with Crippen LogP contribution in [0.1, 0.15) is 406 Å². The molecule has 0 aliphatic rings. The summed E-state index contributed by atoms with van der Waals surface area (Å²) in [6, 6.07) is 0. The number of hydrogen-bond donors (Lipinski definition) is 0. The molecule has 0 saturated carbocycles. The normalized spacial score (nSPS) is 12.0.